The number of aryl methyl sites for hydroxylation is 1. The van der Waals surface area contributed by atoms with Crippen molar-refractivity contribution in [3.63, 3.8) is 0 Å². The fourth-order valence-electron chi connectivity index (χ4n) is 2.34. The average molecular weight is 298 g/mol. The van der Waals surface area contributed by atoms with E-state index in [9.17, 15) is 8.42 Å². The topological polar surface area (TPSA) is 67.4 Å². The molecule has 1 unspecified atom stereocenters. The van der Waals surface area contributed by atoms with Crippen molar-refractivity contribution in [3.8, 4) is 0 Å². The quantitative estimate of drug-likeness (QED) is 0.869. The molecule has 0 amide bonds. The number of hydrogen-bond acceptors (Lipinski definition) is 4. The Balaban J connectivity index is 2.07. The zero-order valence-corrected chi connectivity index (χ0v) is 12.8. The molecule has 1 aromatic carbocycles. The van der Waals surface area contributed by atoms with Crippen LogP contribution in [0.2, 0.25) is 0 Å². The first-order valence-corrected chi connectivity index (χ1v) is 8.37. The van der Waals surface area contributed by atoms with Crippen LogP contribution in [0.4, 0.5) is 5.69 Å². The molecule has 5 nitrogen and oxygen atoms in total. The minimum Gasteiger partial charge on any atom is -0.385 e. The van der Waals surface area contributed by atoms with Gasteiger partial charge in [0.15, 0.2) is 0 Å². The molecule has 1 atom stereocenters. The third-order valence-electron chi connectivity index (χ3n) is 3.60. The highest BCUT2D eigenvalue weighted by atomic mass is 32.2. The van der Waals surface area contributed by atoms with Crippen LogP contribution in [-0.2, 0) is 14.8 Å². The Morgan fingerprint density at radius 1 is 1.40 bits per heavy atom. The van der Waals surface area contributed by atoms with Crippen LogP contribution in [0.25, 0.3) is 0 Å². The highest BCUT2D eigenvalue weighted by molar-refractivity contribution is 7.89. The molecule has 20 heavy (non-hydrogen) atoms. The molecule has 6 heteroatoms. The van der Waals surface area contributed by atoms with Crippen LogP contribution in [0.3, 0.4) is 0 Å². The van der Waals surface area contributed by atoms with E-state index in [1.54, 1.807) is 13.0 Å². The van der Waals surface area contributed by atoms with Crippen LogP contribution in [-0.4, -0.2) is 35.2 Å². The van der Waals surface area contributed by atoms with Crippen molar-refractivity contribution in [2.45, 2.75) is 24.7 Å². The summed E-state index contributed by atoms with van der Waals surface area (Å²) < 4.78 is 31.6. The van der Waals surface area contributed by atoms with E-state index in [-0.39, 0.29) is 0 Å². The van der Waals surface area contributed by atoms with E-state index in [0.29, 0.717) is 10.8 Å². The summed E-state index contributed by atoms with van der Waals surface area (Å²) in [5.74, 6) is 0.495. The van der Waals surface area contributed by atoms with Gasteiger partial charge in [0.2, 0.25) is 10.0 Å². The van der Waals surface area contributed by atoms with Gasteiger partial charge in [0.1, 0.15) is 0 Å². The maximum absolute atomic E-state index is 11.9. The summed E-state index contributed by atoms with van der Waals surface area (Å²) in [6.45, 7) is 4.23. The van der Waals surface area contributed by atoms with Crippen molar-refractivity contribution in [2.75, 3.05) is 32.1 Å². The smallest absolute Gasteiger partial charge is 0.240 e. The molecule has 1 aliphatic heterocycles. The van der Waals surface area contributed by atoms with E-state index >= 15 is 0 Å². The van der Waals surface area contributed by atoms with Crippen molar-refractivity contribution >= 4 is 15.7 Å². The van der Waals surface area contributed by atoms with Crippen molar-refractivity contribution in [1.82, 2.24) is 4.72 Å². The molecule has 1 aromatic rings. The molecule has 1 heterocycles. The third kappa shape index (κ3) is 3.71. The number of anilines is 1. The van der Waals surface area contributed by atoms with Crippen LogP contribution >= 0.6 is 0 Å². The Bertz CT molecular complexity index is 552. The van der Waals surface area contributed by atoms with Gasteiger partial charge in [0, 0.05) is 18.8 Å². The molecule has 0 radical (unpaired) electrons. The van der Waals surface area contributed by atoms with Gasteiger partial charge in [-0.25, -0.2) is 13.1 Å². The van der Waals surface area contributed by atoms with Crippen LogP contribution < -0.4 is 10.0 Å². The largest absolute Gasteiger partial charge is 0.385 e. The molecule has 0 saturated carbocycles. The second kappa shape index (κ2) is 6.56. The predicted octanol–water partition coefficient (Wildman–Crippen LogP) is 1.74. The van der Waals surface area contributed by atoms with Crippen molar-refractivity contribution < 1.29 is 13.2 Å². The molecule has 0 aliphatic carbocycles. The third-order valence-corrected chi connectivity index (χ3v) is 5.15. The summed E-state index contributed by atoms with van der Waals surface area (Å²) in [6.07, 6.45) is 2.25. The van der Waals surface area contributed by atoms with E-state index in [4.69, 9.17) is 4.74 Å². The van der Waals surface area contributed by atoms with E-state index < -0.39 is 10.0 Å². The van der Waals surface area contributed by atoms with Gasteiger partial charge >= 0.3 is 0 Å². The highest BCUT2D eigenvalue weighted by Crippen LogP contribution is 2.21. The minimum absolute atomic E-state index is 0.324. The summed E-state index contributed by atoms with van der Waals surface area (Å²) in [6, 6.07) is 5.42. The van der Waals surface area contributed by atoms with Gasteiger partial charge in [0.05, 0.1) is 11.5 Å². The predicted molar refractivity (Wildman–Crippen MR) is 79.5 cm³/mol. The second-order valence-electron chi connectivity index (χ2n) is 5.15. The molecule has 2 N–H and O–H groups in total. The van der Waals surface area contributed by atoms with Gasteiger partial charge in [0.25, 0.3) is 0 Å². The summed E-state index contributed by atoms with van der Waals surface area (Å²) in [5, 5.41) is 3.31. The maximum atomic E-state index is 11.9. The normalized spacial score (nSPS) is 19.8. The van der Waals surface area contributed by atoms with Gasteiger partial charge in [-0.15, -0.1) is 0 Å². The number of sulfonamides is 1. The van der Waals surface area contributed by atoms with Gasteiger partial charge in [-0.1, -0.05) is 6.07 Å². The first-order chi connectivity index (χ1) is 9.53. The first-order valence-electron chi connectivity index (χ1n) is 6.89. The lowest BCUT2D eigenvalue weighted by Gasteiger charge is -2.23. The molecule has 2 rings (SSSR count). The molecule has 1 fully saturated rings. The lowest BCUT2D eigenvalue weighted by molar-refractivity contribution is 0.0595. The van der Waals surface area contributed by atoms with Gasteiger partial charge in [-0.2, -0.15) is 0 Å². The standard InChI is InChI=1S/C14H22N2O3S/c1-11-5-6-13(8-14(11)20(17,18)15-2)16-9-12-4-3-7-19-10-12/h5-6,8,12,15-16H,3-4,7,9-10H2,1-2H3. The Hall–Kier alpha value is -1.11. The SMILES string of the molecule is CNS(=O)(=O)c1cc(NCC2CCCOC2)ccc1C. The summed E-state index contributed by atoms with van der Waals surface area (Å²) in [5.41, 5.74) is 1.57. The Morgan fingerprint density at radius 2 is 2.20 bits per heavy atom. The van der Waals surface area contributed by atoms with Gasteiger partial charge in [-0.3, -0.25) is 0 Å². The molecular weight excluding hydrogens is 276 g/mol. The molecule has 0 spiro atoms. The summed E-state index contributed by atoms with van der Waals surface area (Å²) >= 11 is 0. The average Bonchev–Trinajstić information content (AvgIpc) is 2.47. The van der Waals surface area contributed by atoms with Crippen molar-refractivity contribution in [3.05, 3.63) is 23.8 Å². The van der Waals surface area contributed by atoms with Crippen LogP contribution in [0.15, 0.2) is 23.1 Å². The molecule has 0 aromatic heterocycles. The van der Waals surface area contributed by atoms with E-state index in [1.165, 1.54) is 7.05 Å². The van der Waals surface area contributed by atoms with Crippen LogP contribution in [0.1, 0.15) is 18.4 Å². The summed E-state index contributed by atoms with van der Waals surface area (Å²) in [4.78, 5) is 0.324. The minimum atomic E-state index is -3.41. The Morgan fingerprint density at radius 3 is 2.85 bits per heavy atom. The van der Waals surface area contributed by atoms with Gasteiger partial charge in [-0.05, 0) is 50.4 Å². The zero-order valence-electron chi connectivity index (χ0n) is 12.0. The van der Waals surface area contributed by atoms with E-state index in [2.05, 4.69) is 10.0 Å². The lowest BCUT2D eigenvalue weighted by atomic mass is 10.0. The fraction of sp³-hybridized carbons (Fsp3) is 0.571. The molecule has 1 aliphatic rings. The van der Waals surface area contributed by atoms with Gasteiger partial charge < -0.3 is 10.1 Å². The summed E-state index contributed by atoms with van der Waals surface area (Å²) in [7, 11) is -1.98. The van der Waals surface area contributed by atoms with E-state index in [0.717, 1.165) is 43.9 Å². The van der Waals surface area contributed by atoms with Crippen LogP contribution in [0, 0.1) is 12.8 Å². The van der Waals surface area contributed by atoms with Crippen LogP contribution in [0.5, 0.6) is 0 Å². The molecule has 112 valence electrons. The number of nitrogens with one attached hydrogen (secondary N) is 2. The first kappa shape index (κ1) is 15.3. The monoisotopic (exact) mass is 298 g/mol. The maximum Gasteiger partial charge on any atom is 0.240 e. The number of rotatable bonds is 5. The number of hydrogen-bond donors (Lipinski definition) is 2. The van der Waals surface area contributed by atoms with Crippen molar-refractivity contribution in [1.29, 1.82) is 0 Å². The molecule has 1 saturated heterocycles. The molecular formula is C14H22N2O3S. The molecule has 0 bridgehead atoms. The van der Waals surface area contributed by atoms with E-state index in [1.807, 2.05) is 12.1 Å². The Kier molecular flexibility index (Phi) is 5.01. The van der Waals surface area contributed by atoms with Crippen molar-refractivity contribution in [2.24, 2.45) is 5.92 Å². The lowest BCUT2D eigenvalue weighted by Crippen LogP contribution is -2.24. The highest BCUT2D eigenvalue weighted by Gasteiger charge is 2.16. The second-order valence-corrected chi connectivity index (χ2v) is 7.01. The Labute approximate surface area is 120 Å². The number of benzene rings is 1. The zero-order chi connectivity index (χ0) is 14.6. The number of ether oxygens (including phenoxy) is 1. The fourth-order valence-corrected chi connectivity index (χ4v) is 3.33.